The molecule has 7 nitrogen and oxygen atoms in total. The predicted molar refractivity (Wildman–Crippen MR) is 126 cm³/mol. The van der Waals surface area contributed by atoms with Gasteiger partial charge in [-0.15, -0.1) is 0 Å². The third-order valence-corrected chi connectivity index (χ3v) is 8.62. The summed E-state index contributed by atoms with van der Waals surface area (Å²) < 4.78 is 17.3. The molecule has 32 heavy (non-hydrogen) atoms. The zero-order valence-corrected chi connectivity index (χ0v) is 20.3. The Hall–Kier alpha value is -2.39. The number of nitrogens with one attached hydrogen (secondary N) is 1. The molecule has 0 fully saturated rings. The second-order valence-corrected chi connectivity index (χ2v) is 12.9. The molecule has 1 aliphatic rings. The van der Waals surface area contributed by atoms with E-state index in [1.165, 1.54) is 0 Å². The van der Waals surface area contributed by atoms with Crippen molar-refractivity contribution in [3.05, 3.63) is 53.6 Å². The number of rotatable bonds is 8. The van der Waals surface area contributed by atoms with E-state index in [1.807, 2.05) is 32.2 Å². The number of anilines is 1. The van der Waals surface area contributed by atoms with Crippen LogP contribution in [0.2, 0.25) is 18.6 Å². The van der Waals surface area contributed by atoms with Gasteiger partial charge in [0, 0.05) is 42.0 Å². The molecule has 0 bridgehead atoms. The lowest BCUT2D eigenvalue weighted by atomic mass is 9.86. The van der Waals surface area contributed by atoms with Gasteiger partial charge in [0.05, 0.1) is 13.2 Å². The van der Waals surface area contributed by atoms with Crippen molar-refractivity contribution in [1.82, 2.24) is 0 Å². The summed E-state index contributed by atoms with van der Waals surface area (Å²) in [5.41, 5.74) is 1.88. The lowest BCUT2D eigenvalue weighted by molar-refractivity contribution is -0.0255. The van der Waals surface area contributed by atoms with E-state index in [1.54, 1.807) is 44.6 Å². The lowest BCUT2D eigenvalue weighted by Gasteiger charge is -2.43. The number of carbonyl (C=O) groups excluding carboxylic acids is 1. The summed E-state index contributed by atoms with van der Waals surface area (Å²) in [4.78, 5) is 23.5. The van der Waals surface area contributed by atoms with Crippen LogP contribution in [0.25, 0.3) is 0 Å². The van der Waals surface area contributed by atoms with Crippen LogP contribution in [0.4, 0.5) is 5.69 Å². The number of aliphatic hydroxyl groups excluding tert-OH is 1. The van der Waals surface area contributed by atoms with Crippen molar-refractivity contribution in [2.24, 2.45) is 5.92 Å². The van der Waals surface area contributed by atoms with Gasteiger partial charge in [-0.3, -0.25) is 4.79 Å². The van der Waals surface area contributed by atoms with E-state index >= 15 is 0 Å². The second-order valence-electron chi connectivity index (χ2n) is 8.81. The molecule has 3 N–H and O–H groups in total. The van der Waals surface area contributed by atoms with Crippen molar-refractivity contribution in [3.63, 3.8) is 0 Å². The van der Waals surface area contributed by atoms with Gasteiger partial charge in [-0.05, 0) is 62.0 Å². The van der Waals surface area contributed by atoms with Crippen LogP contribution in [0.3, 0.4) is 0 Å². The van der Waals surface area contributed by atoms with Crippen molar-refractivity contribution < 1.29 is 28.9 Å². The van der Waals surface area contributed by atoms with Crippen LogP contribution in [-0.2, 0) is 4.74 Å². The number of methoxy groups -OCH3 is 2. The van der Waals surface area contributed by atoms with Gasteiger partial charge in [-0.1, -0.05) is 6.92 Å². The van der Waals surface area contributed by atoms with Crippen LogP contribution >= 0.6 is 0 Å². The molecule has 1 heterocycles. The highest BCUT2D eigenvalue weighted by Gasteiger charge is 2.46. The van der Waals surface area contributed by atoms with Gasteiger partial charge in [0.15, 0.2) is 8.32 Å². The molecule has 0 aliphatic carbocycles. The van der Waals surface area contributed by atoms with E-state index < -0.39 is 8.32 Å². The molecule has 0 spiro atoms. The van der Waals surface area contributed by atoms with Gasteiger partial charge in [-0.25, -0.2) is 0 Å². The highest BCUT2D eigenvalue weighted by atomic mass is 28.4. The summed E-state index contributed by atoms with van der Waals surface area (Å²) >= 11 is 0. The minimum atomic E-state index is -2.58. The Morgan fingerprint density at radius 1 is 1.19 bits per heavy atom. The zero-order valence-electron chi connectivity index (χ0n) is 19.3. The van der Waals surface area contributed by atoms with E-state index in [9.17, 15) is 14.7 Å². The molecule has 2 aromatic carbocycles. The highest BCUT2D eigenvalue weighted by molar-refractivity contribution is 6.71. The molecule has 1 amide bonds. The standard InChI is InChI=1S/C24H33NO6Si/c1-15-22(30-3)19-14-17(25-24(27)16-6-9-18(29-2)10-7-16)8-11-20(19)31-23(15)21(12-13-26)32(4,5)28/h6-11,14-15,21-23,26,28H,12-13H2,1-5H3,(H,25,27)/t15-,21?,22-,23-/m0/s1. The quantitative estimate of drug-likeness (QED) is 0.517. The molecule has 3 rings (SSSR count). The van der Waals surface area contributed by atoms with Crippen LogP contribution in [0.15, 0.2) is 42.5 Å². The monoisotopic (exact) mass is 459 g/mol. The van der Waals surface area contributed by atoms with Crippen molar-refractivity contribution in [1.29, 1.82) is 0 Å². The van der Waals surface area contributed by atoms with Gasteiger partial charge in [0.1, 0.15) is 17.6 Å². The molecule has 2 aromatic rings. The average molecular weight is 460 g/mol. The van der Waals surface area contributed by atoms with Crippen LogP contribution in [0.5, 0.6) is 11.5 Å². The van der Waals surface area contributed by atoms with Crippen molar-refractivity contribution >= 4 is 19.9 Å². The second kappa shape index (κ2) is 10.0. The van der Waals surface area contributed by atoms with Gasteiger partial charge in [-0.2, -0.15) is 0 Å². The summed E-state index contributed by atoms with van der Waals surface area (Å²) in [5, 5.41) is 12.5. The number of hydrogen-bond acceptors (Lipinski definition) is 6. The SMILES string of the molecule is COc1ccc(C(=O)Nc2ccc3c(c2)[C@@H](OC)[C@H](C)[C@@H](C(CCO)[Si](C)(C)O)O3)cc1. The minimum Gasteiger partial charge on any atom is -0.497 e. The molecular formula is C24H33NO6Si. The Morgan fingerprint density at radius 3 is 2.44 bits per heavy atom. The van der Waals surface area contributed by atoms with Gasteiger partial charge >= 0.3 is 0 Å². The molecule has 8 heteroatoms. The number of carbonyl (C=O) groups is 1. The van der Waals surface area contributed by atoms with Crippen LogP contribution in [0, 0.1) is 5.92 Å². The van der Waals surface area contributed by atoms with E-state index in [2.05, 4.69) is 5.32 Å². The topological polar surface area (TPSA) is 97.3 Å². The number of amides is 1. The van der Waals surface area contributed by atoms with Crippen molar-refractivity contribution in [3.8, 4) is 11.5 Å². The maximum atomic E-state index is 12.7. The first kappa shape index (κ1) is 24.3. The molecule has 4 atom stereocenters. The van der Waals surface area contributed by atoms with Crippen molar-refractivity contribution in [2.45, 2.75) is 44.2 Å². The first-order valence-corrected chi connectivity index (χ1v) is 13.8. The third kappa shape index (κ3) is 5.15. The number of aliphatic hydroxyl groups is 1. The summed E-state index contributed by atoms with van der Waals surface area (Å²) in [6.07, 6.45) is -0.0582. The zero-order chi connectivity index (χ0) is 23.5. The summed E-state index contributed by atoms with van der Waals surface area (Å²) in [7, 11) is 0.648. The largest absolute Gasteiger partial charge is 0.497 e. The number of ether oxygens (including phenoxy) is 3. The first-order chi connectivity index (χ1) is 15.2. The van der Waals surface area contributed by atoms with Crippen LogP contribution in [0.1, 0.15) is 35.4 Å². The van der Waals surface area contributed by atoms with Crippen molar-refractivity contribution in [2.75, 3.05) is 26.1 Å². The molecule has 1 aliphatic heterocycles. The van der Waals surface area contributed by atoms with E-state index in [0.29, 0.717) is 29.2 Å². The minimum absolute atomic E-state index is 0.00489. The average Bonchev–Trinajstić information content (AvgIpc) is 2.76. The number of fused-ring (bicyclic) bond motifs is 1. The van der Waals surface area contributed by atoms with Crippen LogP contribution in [-0.4, -0.2) is 51.1 Å². The maximum Gasteiger partial charge on any atom is 0.255 e. The number of hydrogen-bond donors (Lipinski definition) is 3. The maximum absolute atomic E-state index is 12.7. The van der Waals surface area contributed by atoms with E-state index in [-0.39, 0.29) is 36.2 Å². The van der Waals surface area contributed by atoms with Gasteiger partial charge < -0.3 is 29.4 Å². The molecule has 0 radical (unpaired) electrons. The van der Waals surface area contributed by atoms with Gasteiger partial charge in [0.25, 0.3) is 5.91 Å². The molecular weight excluding hydrogens is 426 g/mol. The number of benzene rings is 2. The highest BCUT2D eigenvalue weighted by Crippen LogP contribution is 2.47. The smallest absolute Gasteiger partial charge is 0.255 e. The molecule has 0 saturated carbocycles. The molecule has 0 aromatic heterocycles. The Balaban J connectivity index is 1.85. The fraction of sp³-hybridized carbons (Fsp3) is 0.458. The normalized spacial score (nSPS) is 21.3. The predicted octanol–water partition coefficient (Wildman–Crippen LogP) is 3.98. The Morgan fingerprint density at radius 2 is 1.88 bits per heavy atom. The summed E-state index contributed by atoms with van der Waals surface area (Å²) in [5.74, 6) is 1.09. The Labute approximate surface area is 190 Å². The van der Waals surface area contributed by atoms with Gasteiger partial charge in [0.2, 0.25) is 0 Å². The molecule has 1 unspecified atom stereocenters. The Bertz CT molecular complexity index is 927. The van der Waals surface area contributed by atoms with E-state index in [0.717, 1.165) is 5.56 Å². The lowest BCUT2D eigenvalue weighted by Crippen LogP contribution is -2.48. The van der Waals surface area contributed by atoms with Crippen LogP contribution < -0.4 is 14.8 Å². The summed E-state index contributed by atoms with van der Waals surface area (Å²) in [6, 6.07) is 12.4. The fourth-order valence-electron chi connectivity index (χ4n) is 4.46. The van der Waals surface area contributed by atoms with E-state index in [4.69, 9.17) is 14.2 Å². The Kier molecular flexibility index (Phi) is 7.61. The first-order valence-electron chi connectivity index (χ1n) is 10.8. The summed E-state index contributed by atoms with van der Waals surface area (Å²) in [6.45, 7) is 5.78. The molecule has 174 valence electrons. The molecule has 0 saturated heterocycles. The fourth-order valence-corrected chi connectivity index (χ4v) is 6.47. The third-order valence-electron chi connectivity index (χ3n) is 6.18.